The van der Waals surface area contributed by atoms with E-state index in [1.54, 1.807) is 7.05 Å². The number of carbonyl (C=O) groups excluding carboxylic acids is 1. The molecule has 0 spiro atoms. The number of likely N-dealkylation sites (tertiary alicyclic amines) is 1. The smallest absolute Gasteiger partial charge is 0.236 e. The van der Waals surface area contributed by atoms with Crippen molar-refractivity contribution in [3.05, 3.63) is 35.4 Å². The van der Waals surface area contributed by atoms with E-state index in [1.165, 1.54) is 18.2 Å². The molecule has 1 saturated carbocycles. The maximum absolute atomic E-state index is 14.0. The normalized spacial score (nSPS) is 25.4. The molecular weight excluding hydrogens is 376 g/mol. The molecule has 2 heterocycles. The van der Waals surface area contributed by atoms with Crippen molar-refractivity contribution in [1.29, 1.82) is 0 Å². The first kappa shape index (κ1) is 20.1. The van der Waals surface area contributed by atoms with Gasteiger partial charge in [-0.1, -0.05) is 6.07 Å². The van der Waals surface area contributed by atoms with Crippen LogP contribution in [-0.2, 0) is 4.79 Å². The van der Waals surface area contributed by atoms with Crippen LogP contribution < -0.4 is 5.32 Å². The zero-order valence-corrected chi connectivity index (χ0v) is 16.9. The van der Waals surface area contributed by atoms with Crippen LogP contribution >= 0.6 is 0 Å². The second-order valence-electron chi connectivity index (χ2n) is 8.13. The molecular formula is C21H29F2N5O. The molecule has 1 aliphatic carbocycles. The molecule has 3 fully saturated rings. The van der Waals surface area contributed by atoms with Crippen molar-refractivity contribution in [1.82, 2.24) is 20.0 Å². The van der Waals surface area contributed by atoms with Crippen LogP contribution in [0.4, 0.5) is 8.78 Å². The first-order valence-corrected chi connectivity index (χ1v) is 10.5. The van der Waals surface area contributed by atoms with Gasteiger partial charge >= 0.3 is 0 Å². The predicted molar refractivity (Wildman–Crippen MR) is 108 cm³/mol. The Kier molecular flexibility index (Phi) is 5.99. The number of nitrogens with zero attached hydrogens (tertiary/aromatic N) is 4. The Morgan fingerprint density at radius 2 is 1.72 bits per heavy atom. The van der Waals surface area contributed by atoms with Crippen LogP contribution in [-0.4, -0.2) is 85.5 Å². The number of rotatable bonds is 4. The molecule has 2 atom stereocenters. The summed E-state index contributed by atoms with van der Waals surface area (Å²) in [6, 6.07) is 4.01. The Balaban J connectivity index is 1.26. The molecule has 0 radical (unpaired) electrons. The van der Waals surface area contributed by atoms with Gasteiger partial charge in [-0.2, -0.15) is 0 Å². The summed E-state index contributed by atoms with van der Waals surface area (Å²) >= 11 is 0. The van der Waals surface area contributed by atoms with E-state index in [9.17, 15) is 13.6 Å². The number of carbonyl (C=O) groups is 1. The van der Waals surface area contributed by atoms with Crippen molar-refractivity contribution in [2.24, 2.45) is 4.99 Å². The minimum Gasteiger partial charge on any atom is -0.353 e. The second kappa shape index (κ2) is 8.65. The first-order valence-electron chi connectivity index (χ1n) is 10.5. The van der Waals surface area contributed by atoms with Gasteiger partial charge in [-0.05, 0) is 31.4 Å². The number of piperazine rings is 1. The van der Waals surface area contributed by atoms with Crippen molar-refractivity contribution in [3.63, 3.8) is 0 Å². The molecule has 6 nitrogen and oxygen atoms in total. The fraction of sp³-hybridized carbons (Fsp3) is 0.619. The number of guanidine groups is 1. The molecule has 8 heteroatoms. The second-order valence-corrected chi connectivity index (χ2v) is 8.13. The summed E-state index contributed by atoms with van der Waals surface area (Å²) in [6.45, 7) is 5.42. The van der Waals surface area contributed by atoms with E-state index in [0.29, 0.717) is 13.0 Å². The van der Waals surface area contributed by atoms with Crippen LogP contribution in [0.15, 0.2) is 23.2 Å². The van der Waals surface area contributed by atoms with Gasteiger partial charge in [-0.25, -0.2) is 8.78 Å². The Morgan fingerprint density at radius 1 is 1.07 bits per heavy atom. The number of nitrogens with one attached hydrogen (secondary N) is 1. The summed E-state index contributed by atoms with van der Waals surface area (Å²) in [5, 5.41) is 3.36. The third-order valence-corrected chi connectivity index (χ3v) is 6.18. The topological polar surface area (TPSA) is 51.2 Å². The van der Waals surface area contributed by atoms with E-state index >= 15 is 0 Å². The van der Waals surface area contributed by atoms with Crippen molar-refractivity contribution < 1.29 is 13.6 Å². The lowest BCUT2D eigenvalue weighted by Gasteiger charge is -2.36. The van der Waals surface area contributed by atoms with Gasteiger partial charge in [0.1, 0.15) is 11.6 Å². The molecule has 158 valence electrons. The monoisotopic (exact) mass is 405 g/mol. The minimum atomic E-state index is -0.481. The van der Waals surface area contributed by atoms with Crippen LogP contribution in [0.25, 0.3) is 0 Å². The first-order chi connectivity index (χ1) is 14.1. The van der Waals surface area contributed by atoms with Gasteiger partial charge in [0.15, 0.2) is 5.96 Å². The number of aliphatic imine (C=N–C) groups is 1. The third-order valence-electron chi connectivity index (χ3n) is 6.18. The molecule has 2 saturated heterocycles. The van der Waals surface area contributed by atoms with E-state index in [0.717, 1.165) is 58.1 Å². The van der Waals surface area contributed by atoms with Crippen molar-refractivity contribution in [2.75, 3.05) is 52.9 Å². The Bertz CT molecular complexity index is 752. The van der Waals surface area contributed by atoms with Gasteiger partial charge in [-0.15, -0.1) is 0 Å². The average Bonchev–Trinajstić information content (AvgIpc) is 3.23. The maximum Gasteiger partial charge on any atom is 0.236 e. The van der Waals surface area contributed by atoms with E-state index in [2.05, 4.69) is 20.1 Å². The lowest BCUT2D eigenvalue weighted by atomic mass is 10.1. The minimum absolute atomic E-state index is 0.00475. The Morgan fingerprint density at radius 3 is 2.34 bits per heavy atom. The summed E-state index contributed by atoms with van der Waals surface area (Å²) in [6.07, 6.45) is 2.92. The molecule has 1 aromatic carbocycles. The Labute approximate surface area is 170 Å². The fourth-order valence-electron chi connectivity index (χ4n) is 4.38. The summed E-state index contributed by atoms with van der Waals surface area (Å²) in [5.74, 6) is -0.130. The summed E-state index contributed by atoms with van der Waals surface area (Å²) in [7, 11) is 1.73. The highest BCUT2D eigenvalue weighted by molar-refractivity contribution is 5.81. The molecule has 2 unspecified atom stereocenters. The molecule has 0 aromatic heterocycles. The predicted octanol–water partition coefficient (Wildman–Crippen LogP) is 1.64. The Hall–Kier alpha value is -2.22. The molecule has 2 aliphatic heterocycles. The zero-order chi connectivity index (χ0) is 20.4. The average molecular weight is 405 g/mol. The van der Waals surface area contributed by atoms with Gasteiger partial charge in [0.2, 0.25) is 5.91 Å². The number of amides is 1. The van der Waals surface area contributed by atoms with Crippen molar-refractivity contribution >= 4 is 11.9 Å². The number of hydrogen-bond acceptors (Lipinski definition) is 3. The maximum atomic E-state index is 14.0. The molecule has 0 bridgehead atoms. The van der Waals surface area contributed by atoms with E-state index in [1.807, 2.05) is 4.90 Å². The van der Waals surface area contributed by atoms with Crippen LogP contribution in [0, 0.1) is 11.6 Å². The zero-order valence-electron chi connectivity index (χ0n) is 16.9. The fourth-order valence-corrected chi connectivity index (χ4v) is 4.38. The van der Waals surface area contributed by atoms with Gasteiger partial charge in [0, 0.05) is 63.8 Å². The number of hydrogen-bond donors (Lipinski definition) is 1. The molecule has 4 rings (SSSR count). The quantitative estimate of drug-likeness (QED) is 0.611. The van der Waals surface area contributed by atoms with E-state index in [-0.39, 0.29) is 23.4 Å². The highest BCUT2D eigenvalue weighted by Crippen LogP contribution is 2.43. The highest BCUT2D eigenvalue weighted by atomic mass is 19.1. The molecule has 29 heavy (non-hydrogen) atoms. The standard InChI is InChI=1S/C21H29F2N5O/c1-24-21(25-18-13-15(18)20-16(22)5-4-6-17(20)23)28-11-9-26(10-12-28)14-19(29)27-7-2-3-8-27/h4-6,15,18H,2-3,7-14H2,1H3,(H,24,25). The largest absolute Gasteiger partial charge is 0.353 e. The van der Waals surface area contributed by atoms with E-state index < -0.39 is 11.6 Å². The van der Waals surface area contributed by atoms with Crippen molar-refractivity contribution in [3.8, 4) is 0 Å². The molecule has 1 amide bonds. The van der Waals surface area contributed by atoms with Crippen LogP contribution in [0.5, 0.6) is 0 Å². The summed E-state index contributed by atoms with van der Waals surface area (Å²) in [4.78, 5) is 23.0. The van der Waals surface area contributed by atoms with Crippen molar-refractivity contribution in [2.45, 2.75) is 31.2 Å². The molecule has 1 aromatic rings. The van der Waals surface area contributed by atoms with E-state index in [4.69, 9.17) is 0 Å². The van der Waals surface area contributed by atoms with Crippen LogP contribution in [0.3, 0.4) is 0 Å². The number of benzene rings is 1. The van der Waals surface area contributed by atoms with Crippen LogP contribution in [0.2, 0.25) is 0 Å². The molecule has 3 aliphatic rings. The summed E-state index contributed by atoms with van der Waals surface area (Å²) < 4.78 is 28.0. The highest BCUT2D eigenvalue weighted by Gasteiger charge is 2.43. The van der Waals surface area contributed by atoms with Gasteiger partial charge in [-0.3, -0.25) is 14.7 Å². The van der Waals surface area contributed by atoms with Gasteiger partial charge in [0.05, 0.1) is 6.54 Å². The number of halogens is 2. The summed E-state index contributed by atoms with van der Waals surface area (Å²) in [5.41, 5.74) is 0.172. The third kappa shape index (κ3) is 4.52. The van der Waals surface area contributed by atoms with Crippen LogP contribution in [0.1, 0.15) is 30.7 Å². The SMILES string of the molecule is CN=C(NC1CC1c1c(F)cccc1F)N1CCN(CC(=O)N2CCCC2)CC1. The molecule has 1 N–H and O–H groups in total. The van der Waals surface area contributed by atoms with Gasteiger partial charge in [0.25, 0.3) is 0 Å². The lowest BCUT2D eigenvalue weighted by Crippen LogP contribution is -2.54. The van der Waals surface area contributed by atoms with Gasteiger partial charge < -0.3 is 15.1 Å². The lowest BCUT2D eigenvalue weighted by molar-refractivity contribution is -0.131.